The van der Waals surface area contributed by atoms with Crippen LogP contribution in [0.25, 0.3) is 0 Å². The maximum Gasteiger partial charge on any atom is 0.0991 e. The summed E-state index contributed by atoms with van der Waals surface area (Å²) in [5.41, 5.74) is 0.715. The Kier molecular flexibility index (Phi) is 5.10. The summed E-state index contributed by atoms with van der Waals surface area (Å²) in [6.45, 7) is 0. The minimum atomic E-state index is 0. The molecule has 1 rings (SSSR count). The third-order valence-corrected chi connectivity index (χ3v) is 0.903. The van der Waals surface area contributed by atoms with Crippen LogP contribution in [0, 0.1) is 56.3 Å². The molecule has 1 aromatic carbocycles. The van der Waals surface area contributed by atoms with Crippen LogP contribution in [-0.2, 0) is 0 Å². The fourth-order valence-electron chi connectivity index (χ4n) is 0.513. The predicted molar refractivity (Wildman–Crippen MR) is 31.2 cm³/mol. The summed E-state index contributed by atoms with van der Waals surface area (Å²) in [5, 5.41) is 8.29. The van der Waals surface area contributed by atoms with Gasteiger partial charge in [0.15, 0.2) is 0 Å². The molecule has 0 atom stereocenters. The molecule has 0 saturated carbocycles. The van der Waals surface area contributed by atoms with E-state index in [9.17, 15) is 0 Å². The van der Waals surface area contributed by atoms with E-state index < -0.39 is 0 Å². The summed E-state index contributed by atoms with van der Waals surface area (Å²) in [6.07, 6.45) is 0. The van der Waals surface area contributed by atoms with Crippen LogP contribution in [0.15, 0.2) is 30.3 Å². The molecule has 0 amide bonds. The second kappa shape index (κ2) is 5.00. The molecule has 0 aliphatic carbocycles. The average Bonchev–Trinajstić information content (AvgIpc) is 1.90. The molecule has 2 radical (unpaired) electrons. The number of hydrogen-bond acceptors (Lipinski definition) is 1. The van der Waals surface area contributed by atoms with Crippen molar-refractivity contribution in [2.45, 2.75) is 0 Å². The molecular weight excluding hydrogens is 324 g/mol. The number of nitriles is 1. The molecule has 1 aromatic rings. The first-order valence-electron chi connectivity index (χ1n) is 2.38. The monoisotopic (exact) mass is 329 g/mol. The largest absolute Gasteiger partial charge is 0.192 e. The summed E-state index contributed by atoms with van der Waals surface area (Å²) < 4.78 is 0. The molecule has 0 aromatic heterocycles. The minimum Gasteiger partial charge on any atom is -0.192 e. The van der Waals surface area contributed by atoms with Crippen molar-refractivity contribution in [1.29, 1.82) is 5.26 Å². The Bertz CT molecular complexity index is 200. The summed E-state index contributed by atoms with van der Waals surface area (Å²) >= 11 is 0. The maximum atomic E-state index is 8.29. The van der Waals surface area contributed by atoms with Crippen LogP contribution in [0.5, 0.6) is 0 Å². The summed E-state index contributed by atoms with van der Waals surface area (Å²) in [7, 11) is 0. The standard InChI is InChI=1S/C7H5N.Ra/c8-6-7-4-2-1-3-5-7;/h1-5H;. The molecule has 0 aliphatic rings. The van der Waals surface area contributed by atoms with Crippen molar-refractivity contribution in [3.8, 4) is 6.07 Å². The van der Waals surface area contributed by atoms with Gasteiger partial charge in [-0.25, -0.2) is 0 Å². The SMILES string of the molecule is N#Cc1ccccc1.[Ra]. The van der Waals surface area contributed by atoms with Crippen LogP contribution < -0.4 is 0 Å². The minimum absolute atomic E-state index is 0. The Labute approximate surface area is 91.1 Å². The number of benzene rings is 1. The quantitative estimate of drug-likeness (QED) is 0.709. The van der Waals surface area contributed by atoms with Gasteiger partial charge in [0.25, 0.3) is 0 Å². The Morgan fingerprint density at radius 3 is 2.00 bits per heavy atom. The van der Waals surface area contributed by atoms with Crippen molar-refractivity contribution >= 4 is 0 Å². The molecule has 0 heterocycles. The van der Waals surface area contributed by atoms with Crippen LogP contribution in [0.3, 0.4) is 0 Å². The first-order chi connectivity index (χ1) is 3.93. The molecule has 40 valence electrons. The van der Waals surface area contributed by atoms with E-state index in [0.717, 1.165) is 0 Å². The Hall–Kier alpha value is 0.178. The first-order valence-corrected chi connectivity index (χ1v) is 2.38. The van der Waals surface area contributed by atoms with Gasteiger partial charge in [-0.1, -0.05) is 18.2 Å². The zero-order valence-electron chi connectivity index (χ0n) is 5.04. The molecule has 0 N–H and O–H groups in total. The van der Waals surface area contributed by atoms with Gasteiger partial charge in [0.1, 0.15) is 0 Å². The predicted octanol–water partition coefficient (Wildman–Crippen LogP) is 1.56. The molecular formula is C7H5NRa. The number of hydrogen-bond donors (Lipinski definition) is 0. The van der Waals surface area contributed by atoms with Gasteiger partial charge in [-0.3, -0.25) is 0 Å². The normalized spacial score (nSPS) is 7.00. The van der Waals surface area contributed by atoms with Crippen molar-refractivity contribution < 1.29 is 45.0 Å². The number of nitrogens with zero attached hydrogens (tertiary/aromatic N) is 1. The Balaban J connectivity index is 0.000000640. The fourth-order valence-corrected chi connectivity index (χ4v) is 0.513. The molecule has 2 heteroatoms. The summed E-state index contributed by atoms with van der Waals surface area (Å²) in [6, 6.07) is 11.2. The smallest absolute Gasteiger partial charge is 0.0991 e. The van der Waals surface area contributed by atoms with Crippen molar-refractivity contribution in [2.24, 2.45) is 0 Å². The van der Waals surface area contributed by atoms with Gasteiger partial charge in [0.05, 0.1) is 11.6 Å². The van der Waals surface area contributed by atoms with Crippen molar-refractivity contribution in [3.05, 3.63) is 35.9 Å². The fraction of sp³-hybridized carbons (Fsp3) is 0. The molecule has 0 aliphatic heterocycles. The Morgan fingerprint density at radius 2 is 1.67 bits per heavy atom. The van der Waals surface area contributed by atoms with E-state index in [1.807, 2.05) is 24.3 Å². The molecule has 9 heavy (non-hydrogen) atoms. The second-order valence-electron chi connectivity index (χ2n) is 1.48. The van der Waals surface area contributed by atoms with Crippen LogP contribution in [0.2, 0.25) is 0 Å². The molecule has 0 fully saturated rings. The van der Waals surface area contributed by atoms with E-state index in [1.165, 1.54) is 0 Å². The van der Waals surface area contributed by atoms with Gasteiger partial charge < -0.3 is 0 Å². The number of rotatable bonds is 0. The van der Waals surface area contributed by atoms with Gasteiger partial charge in [-0.15, -0.1) is 0 Å². The average molecular weight is 329 g/mol. The van der Waals surface area contributed by atoms with E-state index >= 15 is 0 Å². The van der Waals surface area contributed by atoms with Gasteiger partial charge in [-0.2, -0.15) is 5.26 Å². The van der Waals surface area contributed by atoms with Crippen LogP contribution in [0.1, 0.15) is 5.56 Å². The molecule has 0 spiro atoms. The second-order valence-corrected chi connectivity index (χ2v) is 1.48. The molecule has 1 nitrogen and oxygen atoms in total. The van der Waals surface area contributed by atoms with Gasteiger partial charge in [0, 0.05) is 45.0 Å². The van der Waals surface area contributed by atoms with E-state index in [4.69, 9.17) is 5.26 Å². The summed E-state index contributed by atoms with van der Waals surface area (Å²) in [5.74, 6) is 0. The van der Waals surface area contributed by atoms with E-state index in [2.05, 4.69) is 0 Å². The summed E-state index contributed by atoms with van der Waals surface area (Å²) in [4.78, 5) is 0. The van der Waals surface area contributed by atoms with Crippen LogP contribution in [0.4, 0.5) is 0 Å². The van der Waals surface area contributed by atoms with Crippen LogP contribution >= 0.6 is 0 Å². The van der Waals surface area contributed by atoms with E-state index in [-0.39, 0.29) is 45.0 Å². The zero-order chi connectivity index (χ0) is 5.82. The third kappa shape index (κ3) is 3.01. The molecule has 0 unspecified atom stereocenters. The Morgan fingerprint density at radius 1 is 1.11 bits per heavy atom. The maximum absolute atomic E-state index is 8.29. The van der Waals surface area contributed by atoms with Gasteiger partial charge in [-0.05, 0) is 12.1 Å². The topological polar surface area (TPSA) is 23.8 Å². The molecule has 0 saturated heterocycles. The van der Waals surface area contributed by atoms with Gasteiger partial charge in [0.2, 0.25) is 0 Å². The van der Waals surface area contributed by atoms with E-state index in [1.54, 1.807) is 12.1 Å². The first kappa shape index (κ1) is 9.18. The molecule has 0 bridgehead atoms. The van der Waals surface area contributed by atoms with E-state index in [0.29, 0.717) is 5.56 Å². The van der Waals surface area contributed by atoms with Gasteiger partial charge >= 0.3 is 0 Å². The van der Waals surface area contributed by atoms with Crippen molar-refractivity contribution in [2.75, 3.05) is 0 Å². The van der Waals surface area contributed by atoms with Crippen molar-refractivity contribution in [3.63, 3.8) is 0 Å². The zero-order valence-corrected chi connectivity index (χ0v) is 10.9. The third-order valence-electron chi connectivity index (χ3n) is 0.903. The van der Waals surface area contributed by atoms with Crippen LogP contribution in [-0.4, -0.2) is 0 Å². The van der Waals surface area contributed by atoms with Crippen molar-refractivity contribution in [1.82, 2.24) is 0 Å².